The Balaban J connectivity index is 2.77. The number of methoxy groups -OCH3 is 2. The lowest BCUT2D eigenvalue weighted by Crippen LogP contribution is -2.52. The minimum Gasteiger partial charge on any atom is -0.384 e. The van der Waals surface area contributed by atoms with Gasteiger partial charge in [0.05, 0.1) is 29.4 Å². The van der Waals surface area contributed by atoms with Gasteiger partial charge in [-0.3, -0.25) is 0 Å². The van der Waals surface area contributed by atoms with E-state index in [9.17, 15) is 0 Å². The molecule has 0 bridgehead atoms. The Labute approximate surface area is 165 Å². The van der Waals surface area contributed by atoms with Crippen LogP contribution >= 0.6 is 0 Å². The van der Waals surface area contributed by atoms with E-state index in [0.717, 1.165) is 13.2 Å². The second kappa shape index (κ2) is 7.47. The van der Waals surface area contributed by atoms with Crippen LogP contribution in [0.4, 0.5) is 0 Å². The van der Waals surface area contributed by atoms with Crippen LogP contribution in [0.25, 0.3) is 0 Å². The molecule has 2 nitrogen and oxygen atoms in total. The first-order valence-corrected chi connectivity index (χ1v) is 19.8. The van der Waals surface area contributed by atoms with Crippen LogP contribution in [0.2, 0.25) is 51.4 Å². The van der Waals surface area contributed by atoms with Crippen molar-refractivity contribution >= 4 is 24.2 Å². The van der Waals surface area contributed by atoms with Crippen molar-refractivity contribution in [3.8, 4) is 0 Å². The van der Waals surface area contributed by atoms with E-state index in [1.54, 1.807) is 11.1 Å². The van der Waals surface area contributed by atoms with Crippen molar-refractivity contribution in [3.63, 3.8) is 0 Å². The van der Waals surface area contributed by atoms with Gasteiger partial charge in [0, 0.05) is 19.6 Å². The van der Waals surface area contributed by atoms with Gasteiger partial charge in [0.2, 0.25) is 0 Å². The lowest BCUT2D eigenvalue weighted by molar-refractivity contribution is 0.0189. The Hall–Kier alpha value is 0.0506. The third-order valence-corrected chi connectivity index (χ3v) is 22.5. The van der Waals surface area contributed by atoms with Crippen LogP contribution in [0.5, 0.6) is 0 Å². The Morgan fingerprint density at radius 2 is 1.12 bits per heavy atom. The molecule has 1 saturated carbocycles. The van der Waals surface area contributed by atoms with Crippen molar-refractivity contribution in [3.05, 3.63) is 20.8 Å². The van der Waals surface area contributed by atoms with Crippen molar-refractivity contribution in [1.29, 1.82) is 0 Å². The third-order valence-electron chi connectivity index (χ3n) is 6.64. The molecule has 0 radical (unpaired) electrons. The molecule has 0 aromatic heterocycles. The molecule has 150 valence electrons. The van der Waals surface area contributed by atoms with Crippen LogP contribution in [0.1, 0.15) is 26.7 Å². The molecular weight excluding hydrogens is 368 g/mol. The van der Waals surface area contributed by atoms with Gasteiger partial charge >= 0.3 is 0 Å². The highest BCUT2D eigenvalue weighted by Gasteiger charge is 2.57. The quantitative estimate of drug-likeness (QED) is 0.458. The maximum Gasteiger partial charge on any atom is 0.101 e. The van der Waals surface area contributed by atoms with Gasteiger partial charge in [0.15, 0.2) is 0 Å². The molecule has 26 heavy (non-hydrogen) atoms. The topological polar surface area (TPSA) is 18.5 Å². The lowest BCUT2D eigenvalue weighted by Gasteiger charge is -2.43. The summed E-state index contributed by atoms with van der Waals surface area (Å²) < 4.78 is 11.4. The molecule has 1 aliphatic heterocycles. The zero-order valence-electron chi connectivity index (χ0n) is 19.1. The fraction of sp³-hybridized carbons (Fsp3) is 0.810. The number of fused-ring (bicyclic) bond motifs is 1. The minimum absolute atomic E-state index is 0.159. The summed E-state index contributed by atoms with van der Waals surface area (Å²) in [5.41, 5.74) is 3.75. The number of allylic oxidation sites excluding steroid dienone is 2. The molecule has 0 N–H and O–H groups in total. The molecule has 2 aliphatic rings. The van der Waals surface area contributed by atoms with Crippen LogP contribution in [0.15, 0.2) is 20.8 Å². The predicted octanol–water partition coefficient (Wildman–Crippen LogP) is 5.99. The molecule has 1 heterocycles. The normalized spacial score (nSPS) is 22.4. The summed E-state index contributed by atoms with van der Waals surface area (Å²) in [5.74, 6) is 0. The average Bonchev–Trinajstić information content (AvgIpc) is 2.95. The highest BCUT2D eigenvalue weighted by atomic mass is 28.4. The fourth-order valence-corrected chi connectivity index (χ4v) is 27.2. The Kier molecular flexibility index (Phi) is 6.42. The van der Waals surface area contributed by atoms with E-state index < -0.39 is 24.2 Å². The summed E-state index contributed by atoms with van der Waals surface area (Å²) in [7, 11) is -0.563. The van der Waals surface area contributed by atoms with Crippen molar-refractivity contribution in [2.24, 2.45) is 5.41 Å². The first kappa shape index (κ1) is 22.3. The van der Waals surface area contributed by atoms with E-state index in [-0.39, 0.29) is 5.41 Å². The predicted molar refractivity (Wildman–Crippen MR) is 123 cm³/mol. The van der Waals surface area contributed by atoms with Gasteiger partial charge < -0.3 is 9.47 Å². The maximum atomic E-state index is 5.70. The van der Waals surface area contributed by atoms with Crippen LogP contribution in [-0.4, -0.2) is 51.7 Å². The zero-order chi connectivity index (χ0) is 20.0. The highest BCUT2D eigenvalue weighted by Crippen LogP contribution is 2.59. The Morgan fingerprint density at radius 1 is 0.769 bits per heavy atom. The highest BCUT2D eigenvalue weighted by molar-refractivity contribution is 7.18. The average molecular weight is 411 g/mol. The molecule has 0 spiro atoms. The van der Waals surface area contributed by atoms with Crippen molar-refractivity contribution in [1.82, 2.24) is 0 Å². The second-order valence-corrected chi connectivity index (χ2v) is 26.3. The van der Waals surface area contributed by atoms with Crippen LogP contribution in [0, 0.1) is 5.41 Å². The van der Waals surface area contributed by atoms with Gasteiger partial charge in [0.25, 0.3) is 0 Å². The Bertz CT molecular complexity index is 552. The monoisotopic (exact) mass is 410 g/mol. The molecule has 1 fully saturated rings. The third kappa shape index (κ3) is 3.54. The van der Waals surface area contributed by atoms with E-state index in [2.05, 4.69) is 53.1 Å². The minimum atomic E-state index is -1.51. The SMILES string of the molecule is CC[Si]1(CC)C([Si](C)(C)C)=C2CC(COC)(COC)CC2=C1[Si](C)(C)C. The molecule has 1 aliphatic carbocycles. The summed E-state index contributed by atoms with van der Waals surface area (Å²) in [6.45, 7) is 22.2. The molecule has 2 rings (SSSR count). The maximum absolute atomic E-state index is 5.70. The van der Waals surface area contributed by atoms with E-state index in [0.29, 0.717) is 0 Å². The van der Waals surface area contributed by atoms with E-state index in [4.69, 9.17) is 9.47 Å². The first-order valence-electron chi connectivity index (χ1n) is 10.4. The summed E-state index contributed by atoms with van der Waals surface area (Å²) in [4.78, 5) is 4.02. The number of rotatable bonds is 8. The van der Waals surface area contributed by atoms with Crippen LogP contribution < -0.4 is 0 Å². The summed E-state index contributed by atoms with van der Waals surface area (Å²) in [6, 6.07) is 2.80. The van der Waals surface area contributed by atoms with Gasteiger partial charge in [-0.25, -0.2) is 0 Å². The van der Waals surface area contributed by atoms with Crippen LogP contribution in [-0.2, 0) is 9.47 Å². The van der Waals surface area contributed by atoms with E-state index in [1.807, 2.05) is 23.9 Å². The zero-order valence-corrected chi connectivity index (χ0v) is 22.1. The van der Waals surface area contributed by atoms with Crippen LogP contribution in [0.3, 0.4) is 0 Å². The summed E-state index contributed by atoms with van der Waals surface area (Å²) in [5, 5.41) is 0. The summed E-state index contributed by atoms with van der Waals surface area (Å²) in [6.07, 6.45) is 2.37. The largest absolute Gasteiger partial charge is 0.384 e. The summed E-state index contributed by atoms with van der Waals surface area (Å²) >= 11 is 0. The van der Waals surface area contributed by atoms with E-state index in [1.165, 1.54) is 24.9 Å². The van der Waals surface area contributed by atoms with Gasteiger partial charge in [-0.15, -0.1) is 0 Å². The van der Waals surface area contributed by atoms with Crippen molar-refractivity contribution in [2.75, 3.05) is 27.4 Å². The smallest absolute Gasteiger partial charge is 0.101 e. The van der Waals surface area contributed by atoms with Gasteiger partial charge in [0.1, 0.15) is 8.07 Å². The number of hydrogen-bond acceptors (Lipinski definition) is 2. The second-order valence-electron chi connectivity index (χ2n) is 10.7. The molecule has 5 heteroatoms. The first-order chi connectivity index (χ1) is 11.9. The molecule has 0 unspecified atom stereocenters. The van der Waals surface area contributed by atoms with Gasteiger partial charge in [-0.1, -0.05) is 86.0 Å². The standard InChI is InChI=1S/C21H42O2Si3/c1-11-26(12-2)19(24(5,6)7)17-13-21(15-22-3,16-23-4)14-18(17)20(26)25(8,9)10/h11-16H2,1-10H3. The van der Waals surface area contributed by atoms with Crippen molar-refractivity contribution < 1.29 is 9.47 Å². The van der Waals surface area contributed by atoms with Crippen molar-refractivity contribution in [2.45, 2.75) is 78.1 Å². The number of hydrogen-bond donors (Lipinski definition) is 0. The fourth-order valence-electron chi connectivity index (χ4n) is 6.36. The van der Waals surface area contributed by atoms with E-state index >= 15 is 0 Å². The molecule has 0 aromatic carbocycles. The molecule has 0 amide bonds. The number of ether oxygens (including phenoxy) is 2. The van der Waals surface area contributed by atoms with Gasteiger partial charge in [-0.2, -0.15) is 0 Å². The molecular formula is C21H42O2Si3. The Morgan fingerprint density at radius 3 is 1.35 bits per heavy atom. The molecule has 0 atom stereocenters. The molecule has 0 aromatic rings. The van der Waals surface area contributed by atoms with Gasteiger partial charge in [-0.05, 0) is 12.8 Å². The lowest BCUT2D eigenvalue weighted by atomic mass is 9.88. The molecule has 0 saturated heterocycles.